The summed E-state index contributed by atoms with van der Waals surface area (Å²) in [5.74, 6) is -0.414. The van der Waals surface area contributed by atoms with E-state index < -0.39 is 30.7 Å². The van der Waals surface area contributed by atoms with Gasteiger partial charge in [0.15, 0.2) is 19.7 Å². The van der Waals surface area contributed by atoms with Crippen molar-refractivity contribution in [3.8, 4) is 0 Å². The van der Waals surface area contributed by atoms with Crippen LogP contribution in [-0.2, 0) is 19.7 Å². The summed E-state index contributed by atoms with van der Waals surface area (Å²) in [4.78, 5) is 3.97. The first-order chi connectivity index (χ1) is 9.82. The summed E-state index contributed by atoms with van der Waals surface area (Å²) in [5, 5.41) is -1.07. The molecule has 0 aliphatic carbocycles. The van der Waals surface area contributed by atoms with Crippen molar-refractivity contribution in [1.82, 2.24) is 4.98 Å². The molecular formula is C14H13NO4S2. The molecule has 0 spiro atoms. The van der Waals surface area contributed by atoms with Crippen LogP contribution in [0.4, 0.5) is 0 Å². The van der Waals surface area contributed by atoms with Gasteiger partial charge in [0.1, 0.15) is 5.25 Å². The number of hydrogen-bond acceptors (Lipinski definition) is 5. The Morgan fingerprint density at radius 3 is 2.67 bits per heavy atom. The molecular weight excluding hydrogens is 310 g/mol. The van der Waals surface area contributed by atoms with Crippen molar-refractivity contribution in [2.75, 3.05) is 5.75 Å². The SMILES string of the molecule is Cc1ccc2c(c1)S(=O)(=O)CC2S(=O)(=O)c1cccnc1. The maximum absolute atomic E-state index is 12.7. The molecule has 0 saturated heterocycles. The van der Waals surface area contributed by atoms with Gasteiger partial charge < -0.3 is 0 Å². The zero-order valence-electron chi connectivity index (χ0n) is 11.2. The second kappa shape index (κ2) is 4.64. The van der Waals surface area contributed by atoms with Gasteiger partial charge in [-0.2, -0.15) is 0 Å². The first-order valence-corrected chi connectivity index (χ1v) is 9.49. The average Bonchev–Trinajstić information content (AvgIpc) is 2.72. The normalized spacial score (nSPS) is 20.1. The summed E-state index contributed by atoms with van der Waals surface area (Å²) in [6.07, 6.45) is 2.72. The monoisotopic (exact) mass is 323 g/mol. The summed E-state index contributed by atoms with van der Waals surface area (Å²) in [5.41, 5.74) is 1.14. The fourth-order valence-electron chi connectivity index (χ4n) is 2.49. The number of nitrogens with zero attached hydrogens (tertiary/aromatic N) is 1. The molecule has 21 heavy (non-hydrogen) atoms. The molecule has 0 N–H and O–H groups in total. The lowest BCUT2D eigenvalue weighted by Crippen LogP contribution is -2.15. The Hall–Kier alpha value is -1.73. The molecule has 0 fully saturated rings. The van der Waals surface area contributed by atoms with E-state index in [4.69, 9.17) is 0 Å². The topological polar surface area (TPSA) is 81.2 Å². The first-order valence-electron chi connectivity index (χ1n) is 6.29. The molecule has 2 aromatic rings. The highest BCUT2D eigenvalue weighted by atomic mass is 32.2. The second-order valence-corrected chi connectivity index (χ2v) is 9.18. The minimum Gasteiger partial charge on any atom is -0.263 e. The van der Waals surface area contributed by atoms with Gasteiger partial charge in [0.05, 0.1) is 15.5 Å². The van der Waals surface area contributed by atoms with Crippen LogP contribution in [0.3, 0.4) is 0 Å². The molecule has 1 aliphatic rings. The smallest absolute Gasteiger partial charge is 0.187 e. The van der Waals surface area contributed by atoms with E-state index in [1.54, 1.807) is 19.1 Å². The van der Waals surface area contributed by atoms with Crippen molar-refractivity contribution in [1.29, 1.82) is 0 Å². The van der Waals surface area contributed by atoms with Crippen molar-refractivity contribution in [2.45, 2.75) is 22.0 Å². The van der Waals surface area contributed by atoms with E-state index >= 15 is 0 Å². The lowest BCUT2D eigenvalue weighted by atomic mass is 10.1. The molecule has 0 radical (unpaired) electrons. The molecule has 0 bridgehead atoms. The molecule has 1 atom stereocenters. The van der Waals surface area contributed by atoms with Gasteiger partial charge in [-0.25, -0.2) is 16.8 Å². The molecule has 3 rings (SSSR count). The number of aromatic nitrogens is 1. The molecule has 0 amide bonds. The third-order valence-electron chi connectivity index (χ3n) is 3.56. The van der Waals surface area contributed by atoms with E-state index in [0.29, 0.717) is 5.56 Å². The van der Waals surface area contributed by atoms with Gasteiger partial charge in [-0.05, 0) is 36.2 Å². The largest absolute Gasteiger partial charge is 0.263 e. The van der Waals surface area contributed by atoms with Gasteiger partial charge in [0, 0.05) is 12.4 Å². The van der Waals surface area contributed by atoms with Crippen molar-refractivity contribution in [2.24, 2.45) is 0 Å². The van der Waals surface area contributed by atoms with Gasteiger partial charge >= 0.3 is 0 Å². The van der Waals surface area contributed by atoms with Crippen LogP contribution in [0.1, 0.15) is 16.4 Å². The third-order valence-corrected chi connectivity index (χ3v) is 7.63. The van der Waals surface area contributed by atoms with Crippen LogP contribution in [0.25, 0.3) is 0 Å². The molecule has 2 heterocycles. The van der Waals surface area contributed by atoms with Gasteiger partial charge in [-0.15, -0.1) is 0 Å². The lowest BCUT2D eigenvalue weighted by molar-refractivity contribution is 0.582. The summed E-state index contributed by atoms with van der Waals surface area (Å²) in [6, 6.07) is 7.80. The fourth-order valence-corrected chi connectivity index (χ4v) is 6.86. The molecule has 0 saturated carbocycles. The number of fused-ring (bicyclic) bond motifs is 1. The Balaban J connectivity index is 2.20. The lowest BCUT2D eigenvalue weighted by Gasteiger charge is -2.11. The zero-order chi connectivity index (χ0) is 15.3. The van der Waals surface area contributed by atoms with E-state index in [9.17, 15) is 16.8 Å². The maximum Gasteiger partial charge on any atom is 0.187 e. The van der Waals surface area contributed by atoms with Crippen molar-refractivity contribution in [3.63, 3.8) is 0 Å². The highest BCUT2D eigenvalue weighted by Gasteiger charge is 2.42. The Bertz CT molecular complexity index is 903. The third kappa shape index (κ3) is 2.26. The Labute approximate surface area is 123 Å². The highest BCUT2D eigenvalue weighted by Crippen LogP contribution is 2.41. The van der Waals surface area contributed by atoms with Crippen LogP contribution in [0, 0.1) is 6.92 Å². The van der Waals surface area contributed by atoms with E-state index in [-0.39, 0.29) is 9.79 Å². The van der Waals surface area contributed by atoms with E-state index in [0.717, 1.165) is 5.56 Å². The first kappa shape index (κ1) is 14.2. The van der Waals surface area contributed by atoms with E-state index in [1.807, 2.05) is 0 Å². The minimum atomic E-state index is -3.78. The standard InChI is InChI=1S/C14H13NO4S2/c1-10-4-5-12-13(7-10)20(16,17)9-14(12)21(18,19)11-3-2-6-15-8-11/h2-8,14H,9H2,1H3. The van der Waals surface area contributed by atoms with Crippen LogP contribution >= 0.6 is 0 Å². The van der Waals surface area contributed by atoms with Gasteiger partial charge in [-0.1, -0.05) is 12.1 Å². The number of rotatable bonds is 2. The van der Waals surface area contributed by atoms with Gasteiger partial charge in [0.2, 0.25) is 0 Å². The molecule has 1 unspecified atom stereocenters. The molecule has 7 heteroatoms. The van der Waals surface area contributed by atoms with Crippen LogP contribution in [-0.4, -0.2) is 27.6 Å². The van der Waals surface area contributed by atoms with E-state index in [1.165, 1.54) is 30.6 Å². The molecule has 1 aliphatic heterocycles. The molecule has 5 nitrogen and oxygen atoms in total. The van der Waals surface area contributed by atoms with Crippen LogP contribution < -0.4 is 0 Å². The Morgan fingerprint density at radius 2 is 2.00 bits per heavy atom. The maximum atomic E-state index is 12.7. The highest BCUT2D eigenvalue weighted by molar-refractivity contribution is 7.96. The Kier molecular flexibility index (Phi) is 3.14. The number of benzene rings is 1. The number of hydrogen-bond donors (Lipinski definition) is 0. The van der Waals surface area contributed by atoms with Crippen molar-refractivity contribution in [3.05, 3.63) is 53.9 Å². The van der Waals surface area contributed by atoms with Gasteiger partial charge in [-0.3, -0.25) is 4.98 Å². The fraction of sp³-hybridized carbons (Fsp3) is 0.214. The molecule has 1 aromatic heterocycles. The summed E-state index contributed by atoms with van der Waals surface area (Å²) >= 11 is 0. The predicted octanol–water partition coefficient (Wildman–Crippen LogP) is 1.69. The van der Waals surface area contributed by atoms with Crippen LogP contribution in [0.2, 0.25) is 0 Å². The summed E-state index contributed by atoms with van der Waals surface area (Å²) in [6.45, 7) is 1.78. The van der Waals surface area contributed by atoms with Crippen molar-refractivity contribution >= 4 is 19.7 Å². The number of aryl methyl sites for hydroxylation is 1. The Morgan fingerprint density at radius 1 is 1.24 bits per heavy atom. The number of pyridine rings is 1. The zero-order valence-corrected chi connectivity index (χ0v) is 12.9. The van der Waals surface area contributed by atoms with Gasteiger partial charge in [0.25, 0.3) is 0 Å². The molecule has 110 valence electrons. The van der Waals surface area contributed by atoms with E-state index in [2.05, 4.69) is 4.98 Å². The average molecular weight is 323 g/mol. The summed E-state index contributed by atoms with van der Waals surface area (Å²) in [7, 11) is -7.35. The predicted molar refractivity (Wildman–Crippen MR) is 77.4 cm³/mol. The van der Waals surface area contributed by atoms with Crippen LogP contribution in [0.15, 0.2) is 52.5 Å². The molecule has 1 aromatic carbocycles. The number of sulfone groups is 2. The van der Waals surface area contributed by atoms with Crippen molar-refractivity contribution < 1.29 is 16.8 Å². The minimum absolute atomic E-state index is 0.0404. The quantitative estimate of drug-likeness (QED) is 0.840. The second-order valence-electron chi connectivity index (χ2n) is 5.05. The van der Waals surface area contributed by atoms with Crippen LogP contribution in [0.5, 0.6) is 0 Å². The summed E-state index contributed by atoms with van der Waals surface area (Å²) < 4.78 is 49.8.